The Morgan fingerprint density at radius 3 is 2.64 bits per heavy atom. The maximum Gasteiger partial charge on any atom is 0.322 e. The van der Waals surface area contributed by atoms with Crippen molar-refractivity contribution >= 4 is 23.4 Å². The summed E-state index contributed by atoms with van der Waals surface area (Å²) in [7, 11) is 0. The van der Waals surface area contributed by atoms with Crippen LogP contribution in [0, 0.1) is 24.6 Å². The van der Waals surface area contributed by atoms with Crippen molar-refractivity contribution in [3.05, 3.63) is 47.1 Å². The van der Waals surface area contributed by atoms with Crippen LogP contribution >= 0.6 is 11.6 Å². The molecule has 0 radical (unpaired) electrons. The summed E-state index contributed by atoms with van der Waals surface area (Å²) in [6.07, 6.45) is 3.93. The SMILES string of the molecule is Cc1cc(N2CC3CCC(C2)C3Nc2nc(Oc3cccc(F)c3Cl)n(C(C)C)n2)ncn1. The van der Waals surface area contributed by atoms with Gasteiger partial charge in [0.05, 0.1) is 6.04 Å². The van der Waals surface area contributed by atoms with E-state index >= 15 is 0 Å². The molecule has 2 unspecified atom stereocenters. The number of hydrogen-bond donors (Lipinski definition) is 1. The zero-order valence-electron chi connectivity index (χ0n) is 18.9. The number of benzene rings is 1. The van der Waals surface area contributed by atoms with Crippen molar-refractivity contribution in [2.75, 3.05) is 23.3 Å². The summed E-state index contributed by atoms with van der Waals surface area (Å²) in [5.74, 6) is 2.11. The lowest BCUT2D eigenvalue weighted by Gasteiger charge is -2.38. The van der Waals surface area contributed by atoms with E-state index in [0.29, 0.717) is 17.8 Å². The molecule has 0 spiro atoms. The number of aromatic nitrogens is 5. The lowest BCUT2D eigenvalue weighted by atomic mass is 9.92. The molecule has 1 aliphatic heterocycles. The second kappa shape index (κ2) is 8.78. The molecule has 174 valence electrons. The quantitative estimate of drug-likeness (QED) is 0.549. The van der Waals surface area contributed by atoms with Crippen LogP contribution in [-0.2, 0) is 0 Å². The summed E-state index contributed by atoms with van der Waals surface area (Å²) >= 11 is 6.07. The van der Waals surface area contributed by atoms with E-state index in [9.17, 15) is 4.39 Å². The second-order valence-electron chi connectivity index (χ2n) is 9.10. The van der Waals surface area contributed by atoms with E-state index in [1.165, 1.54) is 6.07 Å². The van der Waals surface area contributed by atoms with Gasteiger partial charge < -0.3 is 15.0 Å². The van der Waals surface area contributed by atoms with Gasteiger partial charge >= 0.3 is 6.01 Å². The third-order valence-electron chi connectivity index (χ3n) is 6.45. The van der Waals surface area contributed by atoms with Gasteiger partial charge in [-0.25, -0.2) is 19.0 Å². The largest absolute Gasteiger partial charge is 0.423 e. The summed E-state index contributed by atoms with van der Waals surface area (Å²) in [5, 5.41) is 8.13. The predicted octanol–water partition coefficient (Wildman–Crippen LogP) is 4.87. The van der Waals surface area contributed by atoms with Gasteiger partial charge in [-0.05, 0) is 57.6 Å². The molecule has 0 amide bonds. The zero-order valence-corrected chi connectivity index (χ0v) is 19.6. The van der Waals surface area contributed by atoms with Gasteiger partial charge in [0, 0.05) is 30.9 Å². The third kappa shape index (κ3) is 4.34. The molecular formula is C23H27ClFN7O. The van der Waals surface area contributed by atoms with Crippen LogP contribution in [0.25, 0.3) is 0 Å². The minimum atomic E-state index is -0.537. The Labute approximate surface area is 197 Å². The highest BCUT2D eigenvalue weighted by Crippen LogP contribution is 2.40. The highest BCUT2D eigenvalue weighted by molar-refractivity contribution is 6.32. The molecule has 1 saturated carbocycles. The summed E-state index contributed by atoms with van der Waals surface area (Å²) in [4.78, 5) is 15.6. The molecule has 1 saturated heterocycles. The minimum absolute atomic E-state index is 0.00922. The van der Waals surface area contributed by atoms with Crippen LogP contribution < -0.4 is 15.0 Å². The number of ether oxygens (including phenoxy) is 1. The van der Waals surface area contributed by atoms with Crippen molar-refractivity contribution in [2.45, 2.75) is 45.7 Å². The van der Waals surface area contributed by atoms with Gasteiger partial charge in [-0.15, -0.1) is 5.10 Å². The van der Waals surface area contributed by atoms with E-state index in [1.54, 1.807) is 23.1 Å². The molecule has 1 aliphatic carbocycles. The number of anilines is 2. The molecule has 1 N–H and O–H groups in total. The first-order valence-electron chi connectivity index (χ1n) is 11.3. The Hall–Kier alpha value is -2.94. The molecule has 2 aliphatic rings. The van der Waals surface area contributed by atoms with Crippen LogP contribution in [-0.4, -0.2) is 43.9 Å². The summed E-state index contributed by atoms with van der Waals surface area (Å²) in [6.45, 7) is 7.83. The van der Waals surface area contributed by atoms with Crippen molar-refractivity contribution in [3.63, 3.8) is 0 Å². The van der Waals surface area contributed by atoms with Gasteiger partial charge in [-0.1, -0.05) is 17.7 Å². The monoisotopic (exact) mass is 471 g/mol. The normalized spacial score (nSPS) is 22.1. The molecule has 1 aromatic carbocycles. The number of halogens is 2. The molecule has 2 fully saturated rings. The lowest BCUT2D eigenvalue weighted by Crippen LogP contribution is -2.48. The Morgan fingerprint density at radius 2 is 1.94 bits per heavy atom. The van der Waals surface area contributed by atoms with Gasteiger partial charge in [0.1, 0.15) is 23.0 Å². The standard InChI is InChI=1S/C23H27ClFN7O/c1-13(2)32-23(33-18-6-4-5-17(25)20(18)24)29-22(30-32)28-21-15-7-8-16(21)11-31(10-15)19-9-14(3)26-12-27-19/h4-6,9,12-13,15-16,21H,7-8,10-11H2,1-3H3,(H,28,30). The van der Waals surface area contributed by atoms with E-state index in [-0.39, 0.29) is 28.9 Å². The Bertz CT molecular complexity index is 1140. The molecule has 8 nitrogen and oxygen atoms in total. The number of hydrogen-bond acceptors (Lipinski definition) is 7. The van der Waals surface area contributed by atoms with Crippen molar-refractivity contribution in [1.82, 2.24) is 24.7 Å². The molecule has 2 atom stereocenters. The molecule has 3 heterocycles. The van der Waals surface area contributed by atoms with Crippen LogP contribution in [0.15, 0.2) is 30.6 Å². The average Bonchev–Trinajstić information content (AvgIpc) is 3.27. The number of nitrogens with one attached hydrogen (secondary N) is 1. The summed E-state index contributed by atoms with van der Waals surface area (Å²) < 4.78 is 21.4. The average molecular weight is 472 g/mol. The number of nitrogens with zero attached hydrogens (tertiary/aromatic N) is 6. The first-order chi connectivity index (χ1) is 15.9. The van der Waals surface area contributed by atoms with Gasteiger partial charge in [0.15, 0.2) is 5.75 Å². The van der Waals surface area contributed by atoms with E-state index in [1.807, 2.05) is 26.8 Å². The maximum atomic E-state index is 13.8. The van der Waals surface area contributed by atoms with Crippen molar-refractivity contribution < 1.29 is 9.13 Å². The van der Waals surface area contributed by atoms with Gasteiger partial charge in [0.2, 0.25) is 5.95 Å². The van der Waals surface area contributed by atoms with Gasteiger partial charge in [-0.3, -0.25) is 0 Å². The van der Waals surface area contributed by atoms with Crippen LogP contribution in [0.5, 0.6) is 11.8 Å². The first kappa shape index (κ1) is 21.9. The van der Waals surface area contributed by atoms with E-state index in [0.717, 1.165) is 37.4 Å². The molecule has 5 rings (SSSR count). The number of fused-ring (bicyclic) bond motifs is 2. The molecule has 2 bridgehead atoms. The molecular weight excluding hydrogens is 445 g/mol. The summed E-state index contributed by atoms with van der Waals surface area (Å²) in [6, 6.07) is 7.06. The Balaban J connectivity index is 1.34. The van der Waals surface area contributed by atoms with E-state index in [4.69, 9.17) is 16.3 Å². The van der Waals surface area contributed by atoms with Gasteiger partial charge in [0.25, 0.3) is 0 Å². The van der Waals surface area contributed by atoms with E-state index < -0.39 is 5.82 Å². The predicted molar refractivity (Wildman–Crippen MR) is 124 cm³/mol. The smallest absolute Gasteiger partial charge is 0.322 e. The highest BCUT2D eigenvalue weighted by atomic mass is 35.5. The second-order valence-corrected chi connectivity index (χ2v) is 9.48. The number of aryl methyl sites for hydroxylation is 1. The summed E-state index contributed by atoms with van der Waals surface area (Å²) in [5.41, 5.74) is 0.974. The van der Waals surface area contributed by atoms with Crippen molar-refractivity contribution in [2.24, 2.45) is 11.8 Å². The highest BCUT2D eigenvalue weighted by Gasteiger charge is 2.43. The number of piperidine rings is 1. The van der Waals surface area contributed by atoms with Gasteiger partial charge in [-0.2, -0.15) is 4.98 Å². The molecule has 3 aromatic rings. The molecule has 2 aromatic heterocycles. The Morgan fingerprint density at radius 1 is 1.18 bits per heavy atom. The third-order valence-corrected chi connectivity index (χ3v) is 6.82. The fraction of sp³-hybridized carbons (Fsp3) is 0.478. The fourth-order valence-corrected chi connectivity index (χ4v) is 5.01. The topological polar surface area (TPSA) is 81.0 Å². The van der Waals surface area contributed by atoms with Crippen LogP contribution in [0.3, 0.4) is 0 Å². The maximum absolute atomic E-state index is 13.8. The number of rotatable bonds is 6. The fourth-order valence-electron chi connectivity index (χ4n) is 4.85. The first-order valence-corrected chi connectivity index (χ1v) is 11.7. The lowest BCUT2D eigenvalue weighted by molar-refractivity contribution is 0.373. The van der Waals surface area contributed by atoms with Crippen molar-refractivity contribution in [1.29, 1.82) is 0 Å². The minimum Gasteiger partial charge on any atom is -0.423 e. The van der Waals surface area contributed by atoms with Crippen LogP contribution in [0.4, 0.5) is 16.2 Å². The zero-order chi connectivity index (χ0) is 23.1. The Kier molecular flexibility index (Phi) is 5.82. The van der Waals surface area contributed by atoms with E-state index in [2.05, 4.69) is 30.3 Å². The van der Waals surface area contributed by atoms with Crippen LogP contribution in [0.1, 0.15) is 38.4 Å². The molecule has 33 heavy (non-hydrogen) atoms. The molecule has 10 heteroatoms. The van der Waals surface area contributed by atoms with Crippen molar-refractivity contribution in [3.8, 4) is 11.8 Å². The van der Waals surface area contributed by atoms with Crippen LogP contribution in [0.2, 0.25) is 5.02 Å².